The number of likely N-dealkylation sites (N-methyl/N-ethyl adjacent to an activating group) is 1. The van der Waals surface area contributed by atoms with Crippen molar-refractivity contribution < 1.29 is 14.2 Å². The first-order valence-corrected chi connectivity index (χ1v) is 8.64. The number of quaternary nitrogens is 1. The summed E-state index contributed by atoms with van der Waals surface area (Å²) in [6.07, 6.45) is 0. The van der Waals surface area contributed by atoms with Gasteiger partial charge >= 0.3 is 0 Å². The number of benzene rings is 2. The van der Waals surface area contributed by atoms with Crippen molar-refractivity contribution in [2.75, 3.05) is 18.9 Å². The van der Waals surface area contributed by atoms with Crippen molar-refractivity contribution in [3.8, 4) is 11.4 Å². The van der Waals surface area contributed by atoms with Gasteiger partial charge in [-0.15, -0.1) is 0 Å². The highest BCUT2D eigenvalue weighted by Gasteiger charge is 2.16. The molecule has 26 heavy (non-hydrogen) atoms. The molecule has 0 saturated carbocycles. The third kappa shape index (κ3) is 4.91. The van der Waals surface area contributed by atoms with Gasteiger partial charge in [0.2, 0.25) is 5.82 Å². The van der Waals surface area contributed by atoms with Crippen molar-refractivity contribution in [1.82, 2.24) is 10.1 Å². The summed E-state index contributed by atoms with van der Waals surface area (Å²) in [5, 5.41) is 7.47. The van der Waals surface area contributed by atoms with E-state index >= 15 is 0 Å². The minimum absolute atomic E-state index is 0.0686. The van der Waals surface area contributed by atoms with Crippen molar-refractivity contribution in [3.63, 3.8) is 0 Å². The van der Waals surface area contributed by atoms with Crippen LogP contribution < -0.4 is 10.2 Å². The Labute approximate surface area is 156 Å². The molecule has 0 spiro atoms. The van der Waals surface area contributed by atoms with Crippen LogP contribution >= 0.6 is 11.6 Å². The molecule has 2 aromatic carbocycles. The number of amides is 1. The standard InChI is InChI=1S/C19H19ClN4O2/c1-13-6-8-16(9-7-13)21-17(25)11-24(2)12-18-22-19(23-26-18)14-4-3-5-15(20)10-14/h3-10H,11-12H2,1-2H3,(H,21,25)/p+1. The number of hydrogen-bond acceptors (Lipinski definition) is 4. The van der Waals surface area contributed by atoms with Crippen LogP contribution in [0.15, 0.2) is 53.1 Å². The zero-order valence-corrected chi connectivity index (χ0v) is 15.4. The van der Waals surface area contributed by atoms with Crippen LogP contribution in [0, 0.1) is 6.92 Å². The van der Waals surface area contributed by atoms with E-state index in [4.69, 9.17) is 16.1 Å². The van der Waals surface area contributed by atoms with Crippen molar-refractivity contribution in [2.45, 2.75) is 13.5 Å². The van der Waals surface area contributed by atoms with Gasteiger partial charge in [-0.2, -0.15) is 4.98 Å². The SMILES string of the molecule is Cc1ccc(NC(=O)C[NH+](C)Cc2nc(-c3cccc(Cl)c3)no2)cc1. The number of carbonyl (C=O) groups is 1. The lowest BCUT2D eigenvalue weighted by Crippen LogP contribution is -3.08. The summed E-state index contributed by atoms with van der Waals surface area (Å²) < 4.78 is 5.29. The van der Waals surface area contributed by atoms with Crippen LogP contribution in [0.1, 0.15) is 11.5 Å². The number of halogens is 1. The zero-order chi connectivity index (χ0) is 18.5. The molecule has 1 heterocycles. The monoisotopic (exact) mass is 371 g/mol. The van der Waals surface area contributed by atoms with Gasteiger partial charge in [0.15, 0.2) is 13.1 Å². The molecule has 0 radical (unpaired) electrons. The second-order valence-electron chi connectivity index (χ2n) is 6.25. The number of rotatable bonds is 6. The van der Waals surface area contributed by atoms with Gasteiger partial charge in [0.25, 0.3) is 11.8 Å². The molecule has 0 aliphatic rings. The minimum atomic E-state index is -0.0686. The van der Waals surface area contributed by atoms with Crippen molar-refractivity contribution in [1.29, 1.82) is 0 Å². The van der Waals surface area contributed by atoms with Gasteiger partial charge in [-0.25, -0.2) is 0 Å². The maximum absolute atomic E-state index is 12.1. The van der Waals surface area contributed by atoms with Gasteiger partial charge in [0, 0.05) is 16.3 Å². The molecule has 1 amide bonds. The molecule has 3 rings (SSSR count). The fourth-order valence-electron chi connectivity index (χ4n) is 2.51. The number of hydrogen-bond donors (Lipinski definition) is 2. The average Bonchev–Trinajstić information content (AvgIpc) is 3.05. The van der Waals surface area contributed by atoms with E-state index in [9.17, 15) is 4.79 Å². The van der Waals surface area contributed by atoms with Crippen molar-refractivity contribution in [2.24, 2.45) is 0 Å². The molecular formula is C19H20ClN4O2+. The van der Waals surface area contributed by atoms with Crippen LogP contribution in [0.2, 0.25) is 5.02 Å². The lowest BCUT2D eigenvalue weighted by Gasteiger charge is -2.11. The highest BCUT2D eigenvalue weighted by molar-refractivity contribution is 6.30. The maximum atomic E-state index is 12.1. The summed E-state index contributed by atoms with van der Waals surface area (Å²) in [5.74, 6) is 0.890. The Balaban J connectivity index is 1.55. The molecule has 1 atom stereocenters. The summed E-state index contributed by atoms with van der Waals surface area (Å²) in [7, 11) is 1.90. The van der Waals surface area contributed by atoms with Gasteiger partial charge in [0.05, 0.1) is 7.05 Å². The van der Waals surface area contributed by atoms with Crippen LogP contribution in [-0.4, -0.2) is 29.6 Å². The van der Waals surface area contributed by atoms with Crippen LogP contribution in [0.25, 0.3) is 11.4 Å². The molecule has 1 unspecified atom stereocenters. The summed E-state index contributed by atoms with van der Waals surface area (Å²) >= 11 is 5.98. The van der Waals surface area contributed by atoms with Gasteiger partial charge < -0.3 is 14.7 Å². The second kappa shape index (κ2) is 8.12. The van der Waals surface area contributed by atoms with Gasteiger partial charge in [-0.1, -0.05) is 46.6 Å². The predicted octanol–water partition coefficient (Wildman–Crippen LogP) is 2.35. The topological polar surface area (TPSA) is 72.5 Å². The number of carbonyl (C=O) groups excluding carboxylic acids is 1. The number of nitrogens with zero attached hydrogens (tertiary/aromatic N) is 2. The number of aromatic nitrogens is 2. The first-order chi connectivity index (χ1) is 12.5. The third-order valence-corrected chi connectivity index (χ3v) is 4.04. The first kappa shape index (κ1) is 18.1. The van der Waals surface area contributed by atoms with E-state index < -0.39 is 0 Å². The fraction of sp³-hybridized carbons (Fsp3) is 0.211. The Kier molecular flexibility index (Phi) is 5.65. The quantitative estimate of drug-likeness (QED) is 0.697. The molecule has 1 aromatic heterocycles. The molecular weight excluding hydrogens is 352 g/mol. The first-order valence-electron chi connectivity index (χ1n) is 8.26. The van der Waals surface area contributed by atoms with Gasteiger partial charge in [0.1, 0.15) is 0 Å². The van der Waals surface area contributed by atoms with Gasteiger partial charge in [-0.3, -0.25) is 4.79 Å². The molecule has 0 fully saturated rings. The van der Waals surface area contributed by atoms with Crippen LogP contribution in [0.4, 0.5) is 5.69 Å². The number of anilines is 1. The van der Waals surface area contributed by atoms with E-state index in [2.05, 4.69) is 15.5 Å². The maximum Gasteiger partial charge on any atom is 0.282 e. The molecule has 0 bridgehead atoms. The van der Waals surface area contributed by atoms with Crippen molar-refractivity contribution in [3.05, 3.63) is 65.0 Å². The Morgan fingerprint density at radius 2 is 2.00 bits per heavy atom. The third-order valence-electron chi connectivity index (χ3n) is 3.80. The Morgan fingerprint density at radius 1 is 1.23 bits per heavy atom. The van der Waals surface area contributed by atoms with E-state index in [1.807, 2.05) is 50.4 Å². The molecule has 0 saturated heterocycles. The molecule has 6 nitrogen and oxygen atoms in total. The largest absolute Gasteiger partial charge is 0.333 e. The highest BCUT2D eigenvalue weighted by atomic mass is 35.5. The zero-order valence-electron chi connectivity index (χ0n) is 14.6. The molecule has 2 N–H and O–H groups in total. The van der Waals surface area contributed by atoms with E-state index in [1.165, 1.54) is 0 Å². The molecule has 0 aliphatic heterocycles. The van der Waals surface area contributed by atoms with Gasteiger partial charge in [-0.05, 0) is 31.2 Å². The van der Waals surface area contributed by atoms with Crippen LogP contribution in [-0.2, 0) is 11.3 Å². The van der Waals surface area contributed by atoms with E-state index in [1.54, 1.807) is 12.1 Å². The Bertz CT molecular complexity index is 893. The summed E-state index contributed by atoms with van der Waals surface area (Å²) in [6, 6.07) is 15.0. The minimum Gasteiger partial charge on any atom is -0.333 e. The predicted molar refractivity (Wildman–Crippen MR) is 100 cm³/mol. The van der Waals surface area contributed by atoms with E-state index in [0.717, 1.165) is 21.7 Å². The number of nitrogens with one attached hydrogen (secondary N) is 2. The fourth-order valence-corrected chi connectivity index (χ4v) is 2.70. The molecule has 0 aliphatic carbocycles. The smallest absolute Gasteiger partial charge is 0.282 e. The van der Waals surface area contributed by atoms with Crippen LogP contribution in [0.5, 0.6) is 0 Å². The summed E-state index contributed by atoms with van der Waals surface area (Å²) in [6.45, 7) is 2.75. The Morgan fingerprint density at radius 3 is 2.73 bits per heavy atom. The van der Waals surface area contributed by atoms with E-state index in [-0.39, 0.29) is 5.91 Å². The normalized spacial score (nSPS) is 12.0. The highest BCUT2D eigenvalue weighted by Crippen LogP contribution is 2.19. The van der Waals surface area contributed by atoms with Crippen molar-refractivity contribution >= 4 is 23.2 Å². The molecule has 134 valence electrons. The number of aryl methyl sites for hydroxylation is 1. The lowest BCUT2D eigenvalue weighted by molar-refractivity contribution is -0.886. The lowest BCUT2D eigenvalue weighted by atomic mass is 10.2. The van der Waals surface area contributed by atoms with Crippen LogP contribution in [0.3, 0.4) is 0 Å². The molecule has 7 heteroatoms. The second-order valence-corrected chi connectivity index (χ2v) is 6.68. The Hall–Kier alpha value is -2.70. The summed E-state index contributed by atoms with van der Waals surface area (Å²) in [4.78, 5) is 17.5. The van der Waals surface area contributed by atoms with E-state index in [0.29, 0.717) is 29.8 Å². The average molecular weight is 372 g/mol. The molecule has 3 aromatic rings. The summed E-state index contributed by atoms with van der Waals surface area (Å²) in [5.41, 5.74) is 2.73.